The van der Waals surface area contributed by atoms with Crippen LogP contribution in [0.3, 0.4) is 0 Å². The lowest BCUT2D eigenvalue weighted by atomic mass is 10.2. The van der Waals surface area contributed by atoms with Gasteiger partial charge in [-0.3, -0.25) is 0 Å². The second-order valence-electron chi connectivity index (χ2n) is 3.18. The summed E-state index contributed by atoms with van der Waals surface area (Å²) in [4.78, 5) is 11.1. The van der Waals surface area contributed by atoms with E-state index < -0.39 is 4.92 Å². The highest BCUT2D eigenvalue weighted by Crippen LogP contribution is 2.04. The summed E-state index contributed by atoms with van der Waals surface area (Å²) in [6.45, 7) is 3.43. The van der Waals surface area contributed by atoms with Gasteiger partial charge in [-0.25, -0.2) is 0 Å². The molecule has 7 nitrogen and oxygen atoms in total. The maximum atomic E-state index is 10.3. The van der Waals surface area contributed by atoms with Crippen molar-refractivity contribution in [3.8, 4) is 0 Å². The van der Waals surface area contributed by atoms with Crippen LogP contribution in [0, 0.1) is 16.0 Å². The third kappa shape index (κ3) is 2.77. The Hall–Kier alpha value is -1.50. The molecule has 0 aliphatic carbocycles. The molecule has 0 spiro atoms. The molecule has 1 unspecified atom stereocenters. The van der Waals surface area contributed by atoms with Crippen LogP contribution in [0.25, 0.3) is 0 Å². The summed E-state index contributed by atoms with van der Waals surface area (Å²) in [6, 6.07) is 0. The highest BCUT2D eigenvalue weighted by atomic mass is 16.6. The molecule has 0 fully saturated rings. The first-order valence-electron chi connectivity index (χ1n) is 4.32. The Kier molecular flexibility index (Phi) is 3.52. The molecule has 1 rings (SSSR count). The van der Waals surface area contributed by atoms with Gasteiger partial charge in [0.25, 0.3) is 0 Å². The van der Waals surface area contributed by atoms with Gasteiger partial charge in [0, 0.05) is 0 Å². The zero-order valence-corrected chi connectivity index (χ0v) is 8.17. The zero-order chi connectivity index (χ0) is 10.6. The summed E-state index contributed by atoms with van der Waals surface area (Å²) in [5.74, 6) is 0.133. The lowest BCUT2D eigenvalue weighted by Gasteiger charge is -2.06. The molecular weight excluding hydrogens is 186 g/mol. The van der Waals surface area contributed by atoms with E-state index in [-0.39, 0.29) is 5.82 Å². The van der Waals surface area contributed by atoms with E-state index >= 15 is 0 Å². The van der Waals surface area contributed by atoms with Crippen molar-refractivity contribution in [2.75, 3.05) is 13.6 Å². The Morgan fingerprint density at radius 1 is 1.79 bits per heavy atom. The second kappa shape index (κ2) is 4.66. The normalized spacial score (nSPS) is 12.7. The number of nitrogens with one attached hydrogen (secondary N) is 1. The Morgan fingerprint density at radius 2 is 2.50 bits per heavy atom. The SMILES string of the molecule is CNCC(C)Cn1ncc([N+](=O)[O-])n1. The maximum absolute atomic E-state index is 10.3. The largest absolute Gasteiger partial charge is 0.410 e. The number of aromatic nitrogens is 3. The molecule has 78 valence electrons. The molecule has 1 heterocycles. The Morgan fingerprint density at radius 3 is 3.00 bits per heavy atom. The van der Waals surface area contributed by atoms with E-state index in [9.17, 15) is 10.1 Å². The molecule has 0 amide bonds. The highest BCUT2D eigenvalue weighted by molar-refractivity contribution is 5.07. The van der Waals surface area contributed by atoms with Gasteiger partial charge in [0.05, 0.1) is 11.6 Å². The fourth-order valence-corrected chi connectivity index (χ4v) is 1.15. The molecule has 1 atom stereocenters. The summed E-state index contributed by atoms with van der Waals surface area (Å²) in [5.41, 5.74) is 0. The number of hydrogen-bond acceptors (Lipinski definition) is 5. The molecule has 14 heavy (non-hydrogen) atoms. The van der Waals surface area contributed by atoms with Crippen molar-refractivity contribution in [3.05, 3.63) is 16.3 Å². The molecule has 1 aromatic rings. The van der Waals surface area contributed by atoms with Crippen molar-refractivity contribution in [2.45, 2.75) is 13.5 Å². The third-order valence-corrected chi connectivity index (χ3v) is 1.74. The first-order valence-corrected chi connectivity index (χ1v) is 4.32. The molecule has 0 aliphatic rings. The fourth-order valence-electron chi connectivity index (χ4n) is 1.15. The second-order valence-corrected chi connectivity index (χ2v) is 3.18. The molecule has 0 saturated carbocycles. The molecule has 1 aromatic heterocycles. The summed E-state index contributed by atoms with van der Waals surface area (Å²) < 4.78 is 0. The summed E-state index contributed by atoms with van der Waals surface area (Å²) in [5, 5.41) is 20.8. The average Bonchev–Trinajstić information content (AvgIpc) is 2.53. The van der Waals surface area contributed by atoms with Crippen molar-refractivity contribution in [1.82, 2.24) is 20.3 Å². The van der Waals surface area contributed by atoms with Crippen molar-refractivity contribution in [2.24, 2.45) is 5.92 Å². The van der Waals surface area contributed by atoms with E-state index in [1.807, 2.05) is 14.0 Å². The average molecular weight is 199 g/mol. The summed E-state index contributed by atoms with van der Waals surface area (Å²) >= 11 is 0. The molecule has 0 aliphatic heterocycles. The van der Waals surface area contributed by atoms with Gasteiger partial charge in [-0.2, -0.15) is 0 Å². The Labute approximate surface area is 81.3 Å². The van der Waals surface area contributed by atoms with Gasteiger partial charge in [-0.1, -0.05) is 11.7 Å². The Balaban J connectivity index is 2.55. The quantitative estimate of drug-likeness (QED) is 0.534. The van der Waals surface area contributed by atoms with Gasteiger partial charge in [0.15, 0.2) is 6.20 Å². The number of hydrogen-bond donors (Lipinski definition) is 1. The molecule has 0 saturated heterocycles. The maximum Gasteiger partial charge on any atom is 0.410 e. The topological polar surface area (TPSA) is 85.9 Å². The van der Waals surface area contributed by atoms with Crippen LogP contribution in [-0.2, 0) is 6.54 Å². The summed E-state index contributed by atoms with van der Waals surface area (Å²) in [7, 11) is 1.86. The highest BCUT2D eigenvalue weighted by Gasteiger charge is 2.13. The standard InChI is InChI=1S/C7H13N5O2/c1-6(3-8-2)5-11-9-4-7(10-11)12(13)14/h4,6,8H,3,5H2,1-2H3. The fraction of sp³-hybridized carbons (Fsp3) is 0.714. The van der Waals surface area contributed by atoms with E-state index in [4.69, 9.17) is 0 Å². The van der Waals surface area contributed by atoms with Gasteiger partial charge in [-0.15, -0.1) is 5.10 Å². The summed E-state index contributed by atoms with van der Waals surface area (Å²) in [6.07, 6.45) is 1.16. The van der Waals surface area contributed by atoms with Crippen LogP contribution < -0.4 is 5.32 Å². The van der Waals surface area contributed by atoms with E-state index in [0.717, 1.165) is 12.7 Å². The monoisotopic (exact) mass is 199 g/mol. The van der Waals surface area contributed by atoms with Crippen LogP contribution in [0.15, 0.2) is 6.20 Å². The third-order valence-electron chi connectivity index (χ3n) is 1.74. The van der Waals surface area contributed by atoms with Crippen molar-refractivity contribution < 1.29 is 4.92 Å². The first kappa shape index (κ1) is 10.6. The van der Waals surface area contributed by atoms with Crippen LogP contribution in [0.1, 0.15) is 6.92 Å². The van der Waals surface area contributed by atoms with Crippen molar-refractivity contribution in [3.63, 3.8) is 0 Å². The van der Waals surface area contributed by atoms with Crippen LogP contribution >= 0.6 is 0 Å². The van der Waals surface area contributed by atoms with E-state index in [1.165, 1.54) is 4.80 Å². The minimum atomic E-state index is -0.549. The van der Waals surface area contributed by atoms with Crippen LogP contribution in [0.2, 0.25) is 0 Å². The van der Waals surface area contributed by atoms with Crippen LogP contribution in [0.4, 0.5) is 5.82 Å². The minimum Gasteiger partial charge on any atom is -0.358 e. The van der Waals surface area contributed by atoms with E-state index in [1.54, 1.807) is 0 Å². The number of nitrogens with zero attached hydrogens (tertiary/aromatic N) is 4. The smallest absolute Gasteiger partial charge is 0.358 e. The molecule has 0 bridgehead atoms. The molecular formula is C7H13N5O2. The predicted octanol–water partition coefficient (Wildman–Crippen LogP) is 0.0418. The lowest BCUT2D eigenvalue weighted by molar-refractivity contribution is -0.389. The molecule has 1 N–H and O–H groups in total. The predicted molar refractivity (Wildman–Crippen MR) is 49.8 cm³/mol. The van der Waals surface area contributed by atoms with E-state index in [0.29, 0.717) is 12.5 Å². The van der Waals surface area contributed by atoms with Gasteiger partial charge >= 0.3 is 5.82 Å². The molecule has 0 aromatic carbocycles. The number of rotatable bonds is 5. The van der Waals surface area contributed by atoms with Crippen molar-refractivity contribution >= 4 is 5.82 Å². The molecule has 7 heteroatoms. The number of nitro groups is 1. The zero-order valence-electron chi connectivity index (χ0n) is 8.17. The van der Waals surface area contributed by atoms with Gasteiger partial charge < -0.3 is 15.4 Å². The van der Waals surface area contributed by atoms with Gasteiger partial charge in [-0.05, 0) is 24.4 Å². The Bertz CT molecular complexity index is 311. The lowest BCUT2D eigenvalue weighted by Crippen LogP contribution is -2.21. The van der Waals surface area contributed by atoms with Crippen molar-refractivity contribution in [1.29, 1.82) is 0 Å². The van der Waals surface area contributed by atoms with Crippen LogP contribution in [0.5, 0.6) is 0 Å². The van der Waals surface area contributed by atoms with E-state index in [2.05, 4.69) is 15.5 Å². The van der Waals surface area contributed by atoms with Gasteiger partial charge in [0.2, 0.25) is 0 Å². The molecule has 0 radical (unpaired) electrons. The minimum absolute atomic E-state index is 0.207. The van der Waals surface area contributed by atoms with Gasteiger partial charge in [0.1, 0.15) is 0 Å². The van der Waals surface area contributed by atoms with Crippen LogP contribution in [-0.4, -0.2) is 33.5 Å². The first-order chi connectivity index (χ1) is 6.63.